The van der Waals surface area contributed by atoms with E-state index in [9.17, 15) is 12.8 Å². The molecule has 0 heterocycles. The van der Waals surface area contributed by atoms with Crippen LogP contribution in [0, 0.1) is 12.7 Å². The third kappa shape index (κ3) is 4.91. The third-order valence-corrected chi connectivity index (χ3v) is 5.70. The van der Waals surface area contributed by atoms with Gasteiger partial charge in [-0.3, -0.25) is 0 Å². The van der Waals surface area contributed by atoms with E-state index in [-0.39, 0.29) is 23.8 Å². The molecule has 0 aliphatic heterocycles. The average molecular weight is 351 g/mol. The molecule has 2 rings (SSSR count). The summed E-state index contributed by atoms with van der Waals surface area (Å²) in [6.07, 6.45) is 5.98. The summed E-state index contributed by atoms with van der Waals surface area (Å²) in [7, 11) is -3.73. The summed E-state index contributed by atoms with van der Waals surface area (Å²) in [5.74, 6) is -0.557. The van der Waals surface area contributed by atoms with Crippen molar-refractivity contribution in [2.24, 2.45) is 5.73 Å². The summed E-state index contributed by atoms with van der Waals surface area (Å²) in [6, 6.07) is 3.77. The fourth-order valence-corrected chi connectivity index (χ4v) is 4.18. The van der Waals surface area contributed by atoms with Crippen LogP contribution in [0.5, 0.6) is 0 Å². The quantitative estimate of drug-likeness (QED) is 0.820. The summed E-state index contributed by atoms with van der Waals surface area (Å²) in [4.78, 5) is -0.0141. The Labute approximate surface area is 138 Å². The Morgan fingerprint density at radius 1 is 1.23 bits per heavy atom. The van der Waals surface area contributed by atoms with E-state index in [4.69, 9.17) is 5.73 Å². The van der Waals surface area contributed by atoms with Gasteiger partial charge in [0.1, 0.15) is 5.82 Å². The highest BCUT2D eigenvalue weighted by Gasteiger charge is 2.28. The number of sulfonamides is 1. The molecule has 1 aliphatic rings. The minimum absolute atomic E-state index is 0. The number of hydrogen-bond acceptors (Lipinski definition) is 3. The van der Waals surface area contributed by atoms with Crippen LogP contribution in [0.25, 0.3) is 0 Å². The standard InChI is InChI=1S/C15H23FN2O2S.ClH/c1-12-6-7-13(16)10-14(12)21(19,20)18-11-15(17)8-4-2-3-5-9-15;/h6-7,10,18H,2-5,8-9,11,17H2,1H3;1H. The van der Waals surface area contributed by atoms with Gasteiger partial charge in [-0.1, -0.05) is 31.7 Å². The van der Waals surface area contributed by atoms with E-state index in [0.717, 1.165) is 44.6 Å². The summed E-state index contributed by atoms with van der Waals surface area (Å²) in [6.45, 7) is 1.85. The van der Waals surface area contributed by atoms with Gasteiger partial charge in [0.05, 0.1) is 4.90 Å². The van der Waals surface area contributed by atoms with Crippen LogP contribution in [0.15, 0.2) is 23.1 Å². The minimum Gasteiger partial charge on any atom is -0.324 e. The topological polar surface area (TPSA) is 72.2 Å². The van der Waals surface area contributed by atoms with Crippen LogP contribution >= 0.6 is 12.4 Å². The molecule has 3 N–H and O–H groups in total. The van der Waals surface area contributed by atoms with Crippen LogP contribution in [0.2, 0.25) is 0 Å². The average Bonchev–Trinajstić information content (AvgIpc) is 2.65. The summed E-state index contributed by atoms with van der Waals surface area (Å²) >= 11 is 0. The SMILES string of the molecule is Cc1ccc(F)cc1S(=O)(=O)NCC1(N)CCCCCC1.Cl. The van der Waals surface area contributed by atoms with E-state index >= 15 is 0 Å². The molecule has 22 heavy (non-hydrogen) atoms. The Kier molecular flexibility index (Phi) is 6.80. The summed E-state index contributed by atoms with van der Waals surface area (Å²) in [5, 5.41) is 0. The van der Waals surface area contributed by atoms with E-state index in [1.54, 1.807) is 6.92 Å². The van der Waals surface area contributed by atoms with Crippen molar-refractivity contribution in [2.75, 3.05) is 6.54 Å². The van der Waals surface area contributed by atoms with Gasteiger partial charge in [-0.2, -0.15) is 0 Å². The van der Waals surface area contributed by atoms with Gasteiger partial charge in [0, 0.05) is 12.1 Å². The third-order valence-electron chi connectivity index (χ3n) is 4.15. The Morgan fingerprint density at radius 2 is 1.82 bits per heavy atom. The Bertz CT molecular complexity index is 600. The highest BCUT2D eigenvalue weighted by atomic mass is 35.5. The van der Waals surface area contributed by atoms with Crippen molar-refractivity contribution in [1.29, 1.82) is 0 Å². The van der Waals surface area contributed by atoms with Crippen molar-refractivity contribution >= 4 is 22.4 Å². The van der Waals surface area contributed by atoms with Gasteiger partial charge in [0.25, 0.3) is 0 Å². The first-order valence-electron chi connectivity index (χ1n) is 7.37. The molecule has 0 saturated heterocycles. The fourth-order valence-electron chi connectivity index (χ4n) is 2.79. The Morgan fingerprint density at radius 3 is 2.41 bits per heavy atom. The summed E-state index contributed by atoms with van der Waals surface area (Å²) < 4.78 is 40.5. The zero-order valence-electron chi connectivity index (χ0n) is 12.8. The molecule has 0 unspecified atom stereocenters. The lowest BCUT2D eigenvalue weighted by Crippen LogP contribution is -2.49. The molecule has 7 heteroatoms. The summed E-state index contributed by atoms with van der Waals surface area (Å²) in [5.41, 5.74) is 6.34. The number of rotatable bonds is 4. The smallest absolute Gasteiger partial charge is 0.240 e. The van der Waals surface area contributed by atoms with Gasteiger partial charge < -0.3 is 5.73 Å². The minimum atomic E-state index is -3.73. The van der Waals surface area contributed by atoms with Gasteiger partial charge in [0.2, 0.25) is 10.0 Å². The fraction of sp³-hybridized carbons (Fsp3) is 0.600. The maximum absolute atomic E-state index is 13.3. The van der Waals surface area contributed by atoms with Crippen molar-refractivity contribution in [1.82, 2.24) is 4.72 Å². The zero-order valence-corrected chi connectivity index (χ0v) is 14.4. The van der Waals surface area contributed by atoms with E-state index < -0.39 is 21.4 Å². The van der Waals surface area contributed by atoms with Gasteiger partial charge in [0.15, 0.2) is 0 Å². The number of nitrogens with two attached hydrogens (primary N) is 1. The van der Waals surface area contributed by atoms with Crippen molar-refractivity contribution in [2.45, 2.75) is 55.9 Å². The number of hydrogen-bond donors (Lipinski definition) is 2. The van der Waals surface area contributed by atoms with Gasteiger partial charge in [-0.05, 0) is 37.5 Å². The molecule has 1 saturated carbocycles. The molecule has 0 amide bonds. The highest BCUT2D eigenvalue weighted by Crippen LogP contribution is 2.25. The molecular formula is C15H24ClFN2O2S. The number of halogens is 2. The second kappa shape index (κ2) is 7.73. The Hall–Kier alpha value is -0.690. The van der Waals surface area contributed by atoms with Crippen LogP contribution < -0.4 is 10.5 Å². The van der Waals surface area contributed by atoms with Crippen molar-refractivity contribution in [3.63, 3.8) is 0 Å². The molecule has 0 bridgehead atoms. The normalized spacial score (nSPS) is 18.3. The van der Waals surface area contributed by atoms with Crippen molar-refractivity contribution in [3.8, 4) is 0 Å². The molecule has 1 aromatic rings. The molecule has 126 valence electrons. The first-order valence-corrected chi connectivity index (χ1v) is 8.85. The maximum Gasteiger partial charge on any atom is 0.240 e. The lowest BCUT2D eigenvalue weighted by molar-refractivity contribution is 0.369. The molecule has 1 fully saturated rings. The lowest BCUT2D eigenvalue weighted by atomic mass is 9.92. The first kappa shape index (κ1) is 19.4. The molecule has 0 spiro atoms. The molecule has 1 aromatic carbocycles. The maximum atomic E-state index is 13.3. The monoisotopic (exact) mass is 350 g/mol. The van der Waals surface area contributed by atoms with Gasteiger partial charge in [-0.15, -0.1) is 12.4 Å². The molecule has 0 atom stereocenters. The zero-order chi connectivity index (χ0) is 15.5. The van der Waals surface area contributed by atoms with Crippen LogP contribution in [-0.2, 0) is 10.0 Å². The molecule has 4 nitrogen and oxygen atoms in total. The number of aryl methyl sites for hydroxylation is 1. The largest absolute Gasteiger partial charge is 0.324 e. The highest BCUT2D eigenvalue weighted by molar-refractivity contribution is 7.89. The lowest BCUT2D eigenvalue weighted by Gasteiger charge is -2.28. The van der Waals surface area contributed by atoms with Crippen LogP contribution in [0.4, 0.5) is 4.39 Å². The molecule has 0 aromatic heterocycles. The van der Waals surface area contributed by atoms with Crippen LogP contribution in [-0.4, -0.2) is 20.5 Å². The second-order valence-corrected chi connectivity index (χ2v) is 7.75. The number of benzene rings is 1. The molecule has 0 radical (unpaired) electrons. The van der Waals surface area contributed by atoms with E-state index in [1.165, 1.54) is 12.1 Å². The second-order valence-electron chi connectivity index (χ2n) is 6.01. The van der Waals surface area contributed by atoms with Crippen molar-refractivity contribution < 1.29 is 12.8 Å². The molecule has 1 aliphatic carbocycles. The van der Waals surface area contributed by atoms with Crippen LogP contribution in [0.1, 0.15) is 44.1 Å². The van der Waals surface area contributed by atoms with Crippen molar-refractivity contribution in [3.05, 3.63) is 29.6 Å². The van der Waals surface area contributed by atoms with E-state index in [2.05, 4.69) is 4.72 Å². The van der Waals surface area contributed by atoms with E-state index in [0.29, 0.717) is 5.56 Å². The predicted molar refractivity (Wildman–Crippen MR) is 88.2 cm³/mol. The predicted octanol–water partition coefficient (Wildman–Crippen LogP) is 2.89. The number of nitrogens with one attached hydrogen (secondary N) is 1. The van der Waals surface area contributed by atoms with Crippen LogP contribution in [0.3, 0.4) is 0 Å². The van der Waals surface area contributed by atoms with E-state index in [1.807, 2.05) is 0 Å². The molecular weight excluding hydrogens is 327 g/mol. The first-order chi connectivity index (χ1) is 9.82. The van der Waals surface area contributed by atoms with Gasteiger partial charge >= 0.3 is 0 Å². The van der Waals surface area contributed by atoms with Gasteiger partial charge in [-0.25, -0.2) is 17.5 Å². The Balaban J connectivity index is 0.00000242.